The molecule has 31 heavy (non-hydrogen) atoms. The largest absolute Gasteiger partial charge is 0.324 e. The summed E-state index contributed by atoms with van der Waals surface area (Å²) in [6.45, 7) is 1.54. The highest BCUT2D eigenvalue weighted by molar-refractivity contribution is 6.30. The topological polar surface area (TPSA) is 79.3 Å². The third kappa shape index (κ3) is 5.44. The number of halogens is 1. The zero-order chi connectivity index (χ0) is 21.6. The van der Waals surface area contributed by atoms with Gasteiger partial charge in [-0.2, -0.15) is 5.10 Å². The van der Waals surface area contributed by atoms with E-state index in [1.54, 1.807) is 21.8 Å². The van der Waals surface area contributed by atoms with Gasteiger partial charge in [0.05, 0.1) is 18.7 Å². The van der Waals surface area contributed by atoms with E-state index in [2.05, 4.69) is 15.7 Å². The normalized spacial score (nSPS) is 16.0. The predicted molar refractivity (Wildman–Crippen MR) is 121 cm³/mol. The van der Waals surface area contributed by atoms with Gasteiger partial charge in [0.2, 0.25) is 5.91 Å². The Kier molecular flexibility index (Phi) is 6.52. The Balaban J connectivity index is 1.36. The molecule has 3 amide bonds. The van der Waals surface area contributed by atoms with Gasteiger partial charge in [0.15, 0.2) is 0 Å². The lowest BCUT2D eigenvalue weighted by Gasteiger charge is -2.32. The van der Waals surface area contributed by atoms with Gasteiger partial charge in [-0.25, -0.2) is 9.48 Å². The van der Waals surface area contributed by atoms with Crippen LogP contribution in [0.5, 0.6) is 0 Å². The van der Waals surface area contributed by atoms with Crippen LogP contribution in [0.15, 0.2) is 66.9 Å². The number of hydrogen-bond donors (Lipinski definition) is 2. The Bertz CT molecular complexity index is 1040. The molecule has 160 valence electrons. The van der Waals surface area contributed by atoms with Gasteiger partial charge in [-0.05, 0) is 42.7 Å². The average Bonchev–Trinajstić information content (AvgIpc) is 3.22. The molecule has 0 radical (unpaired) electrons. The van der Waals surface area contributed by atoms with Crippen LogP contribution in [0.3, 0.4) is 0 Å². The summed E-state index contributed by atoms with van der Waals surface area (Å²) in [5.74, 6) is 0.259. The van der Waals surface area contributed by atoms with E-state index in [1.807, 2.05) is 54.6 Å². The van der Waals surface area contributed by atoms with Crippen molar-refractivity contribution in [1.29, 1.82) is 0 Å². The highest BCUT2D eigenvalue weighted by Gasteiger charge is 2.29. The molecule has 1 atom stereocenters. The molecule has 1 unspecified atom stereocenters. The average molecular weight is 438 g/mol. The molecule has 0 aliphatic carbocycles. The van der Waals surface area contributed by atoms with Gasteiger partial charge >= 0.3 is 6.03 Å². The number of para-hydroxylation sites is 1. The molecule has 7 nitrogen and oxygen atoms in total. The summed E-state index contributed by atoms with van der Waals surface area (Å²) < 4.78 is 1.74. The molecule has 1 aromatic heterocycles. The number of aromatic nitrogens is 2. The molecule has 2 N–H and O–H groups in total. The molecule has 3 aromatic rings. The van der Waals surface area contributed by atoms with Crippen LogP contribution in [0.25, 0.3) is 0 Å². The summed E-state index contributed by atoms with van der Waals surface area (Å²) in [5, 5.41) is 10.9. The van der Waals surface area contributed by atoms with Crippen LogP contribution >= 0.6 is 11.6 Å². The third-order valence-electron chi connectivity index (χ3n) is 5.32. The maximum atomic E-state index is 12.9. The minimum atomic E-state index is -0.269. The van der Waals surface area contributed by atoms with Crippen molar-refractivity contribution in [1.82, 2.24) is 14.7 Å². The Labute approximate surface area is 186 Å². The summed E-state index contributed by atoms with van der Waals surface area (Å²) in [4.78, 5) is 27.2. The Morgan fingerprint density at radius 3 is 2.58 bits per heavy atom. The molecule has 1 aliphatic heterocycles. The van der Waals surface area contributed by atoms with E-state index in [4.69, 9.17) is 11.6 Å². The zero-order valence-corrected chi connectivity index (χ0v) is 17.8. The molecule has 1 aliphatic rings. The summed E-state index contributed by atoms with van der Waals surface area (Å²) in [7, 11) is 0. The van der Waals surface area contributed by atoms with Gasteiger partial charge in [0.25, 0.3) is 0 Å². The van der Waals surface area contributed by atoms with Gasteiger partial charge in [-0.15, -0.1) is 0 Å². The van der Waals surface area contributed by atoms with E-state index in [9.17, 15) is 9.59 Å². The first-order chi connectivity index (χ1) is 15.1. The van der Waals surface area contributed by atoms with E-state index < -0.39 is 0 Å². The first-order valence-corrected chi connectivity index (χ1v) is 10.6. The van der Waals surface area contributed by atoms with E-state index in [-0.39, 0.29) is 17.9 Å². The van der Waals surface area contributed by atoms with Crippen molar-refractivity contribution < 1.29 is 9.59 Å². The molecule has 2 aromatic carbocycles. The summed E-state index contributed by atoms with van der Waals surface area (Å²) in [6, 6.07) is 18.4. The Hall–Kier alpha value is -3.32. The van der Waals surface area contributed by atoms with Crippen molar-refractivity contribution in [3.8, 4) is 0 Å². The number of piperidine rings is 1. The number of likely N-dealkylation sites (tertiary alicyclic amines) is 1. The highest BCUT2D eigenvalue weighted by Crippen LogP contribution is 2.20. The molecule has 2 heterocycles. The lowest BCUT2D eigenvalue weighted by atomic mass is 9.97. The van der Waals surface area contributed by atoms with Crippen LogP contribution < -0.4 is 10.6 Å². The SMILES string of the molecule is O=C(Nc1ccnn1Cc1ccc(Cl)cc1)C1CCCN(C(=O)Nc2ccccc2)C1. The van der Waals surface area contributed by atoms with Crippen LogP contribution in [0.2, 0.25) is 5.02 Å². The minimum Gasteiger partial charge on any atom is -0.324 e. The highest BCUT2D eigenvalue weighted by atomic mass is 35.5. The monoisotopic (exact) mass is 437 g/mol. The summed E-state index contributed by atoms with van der Waals surface area (Å²) in [5.41, 5.74) is 1.77. The Morgan fingerprint density at radius 1 is 1.03 bits per heavy atom. The second-order valence-electron chi connectivity index (χ2n) is 7.57. The third-order valence-corrected chi connectivity index (χ3v) is 5.57. The molecule has 1 saturated heterocycles. The lowest BCUT2D eigenvalue weighted by Crippen LogP contribution is -2.45. The first-order valence-electron chi connectivity index (χ1n) is 10.3. The predicted octanol–water partition coefficient (Wildman–Crippen LogP) is 4.47. The fourth-order valence-electron chi connectivity index (χ4n) is 3.66. The number of hydrogen-bond acceptors (Lipinski definition) is 3. The number of nitrogens with zero attached hydrogens (tertiary/aromatic N) is 3. The van der Waals surface area contributed by atoms with Crippen molar-refractivity contribution in [2.45, 2.75) is 19.4 Å². The van der Waals surface area contributed by atoms with Crippen LogP contribution in [-0.2, 0) is 11.3 Å². The number of nitrogens with one attached hydrogen (secondary N) is 2. The number of urea groups is 1. The maximum Gasteiger partial charge on any atom is 0.321 e. The standard InChI is InChI=1S/C23H24ClN5O2/c24-19-10-8-17(9-11-19)15-29-21(12-13-25-29)27-22(30)18-5-4-14-28(16-18)23(31)26-20-6-2-1-3-7-20/h1-3,6-13,18H,4-5,14-16H2,(H,26,31)(H,27,30). The molecular weight excluding hydrogens is 414 g/mol. The fraction of sp³-hybridized carbons (Fsp3) is 0.261. The molecule has 8 heteroatoms. The smallest absolute Gasteiger partial charge is 0.321 e. The van der Waals surface area contributed by atoms with Crippen molar-refractivity contribution >= 4 is 35.0 Å². The number of rotatable bonds is 5. The van der Waals surface area contributed by atoms with Crippen molar-refractivity contribution in [3.05, 3.63) is 77.4 Å². The molecule has 1 fully saturated rings. The van der Waals surface area contributed by atoms with Crippen LogP contribution in [0, 0.1) is 5.92 Å². The molecule has 0 bridgehead atoms. The second kappa shape index (κ2) is 9.66. The van der Waals surface area contributed by atoms with E-state index in [0.717, 1.165) is 24.1 Å². The molecule has 0 spiro atoms. The van der Waals surface area contributed by atoms with Gasteiger partial charge in [0, 0.05) is 29.9 Å². The van der Waals surface area contributed by atoms with Crippen LogP contribution in [0.4, 0.5) is 16.3 Å². The minimum absolute atomic E-state index is 0.102. The van der Waals surface area contributed by atoms with Gasteiger partial charge in [-0.3, -0.25) is 4.79 Å². The second-order valence-corrected chi connectivity index (χ2v) is 8.01. The Morgan fingerprint density at radius 2 is 1.81 bits per heavy atom. The maximum absolute atomic E-state index is 12.9. The number of amides is 3. The van der Waals surface area contributed by atoms with Gasteiger partial charge in [-0.1, -0.05) is 41.9 Å². The van der Waals surface area contributed by atoms with E-state index in [1.165, 1.54) is 0 Å². The number of carbonyl (C=O) groups is 2. The number of anilines is 2. The quantitative estimate of drug-likeness (QED) is 0.618. The van der Waals surface area contributed by atoms with Crippen LogP contribution in [0.1, 0.15) is 18.4 Å². The van der Waals surface area contributed by atoms with E-state index in [0.29, 0.717) is 30.5 Å². The van der Waals surface area contributed by atoms with Gasteiger partial charge < -0.3 is 15.5 Å². The first kappa shape index (κ1) is 20.9. The molecular formula is C23H24ClN5O2. The summed E-state index contributed by atoms with van der Waals surface area (Å²) >= 11 is 5.95. The lowest BCUT2D eigenvalue weighted by molar-refractivity contribution is -0.121. The molecule has 4 rings (SSSR count). The fourth-order valence-corrected chi connectivity index (χ4v) is 3.78. The number of benzene rings is 2. The van der Waals surface area contributed by atoms with Crippen molar-refractivity contribution in [2.75, 3.05) is 23.7 Å². The van der Waals surface area contributed by atoms with Gasteiger partial charge in [0.1, 0.15) is 5.82 Å². The number of carbonyl (C=O) groups excluding carboxylic acids is 2. The van der Waals surface area contributed by atoms with Crippen molar-refractivity contribution in [2.24, 2.45) is 5.92 Å². The zero-order valence-electron chi connectivity index (χ0n) is 17.0. The van der Waals surface area contributed by atoms with Crippen LogP contribution in [-0.4, -0.2) is 39.7 Å². The van der Waals surface area contributed by atoms with Crippen molar-refractivity contribution in [3.63, 3.8) is 0 Å². The molecule has 0 saturated carbocycles. The van der Waals surface area contributed by atoms with E-state index >= 15 is 0 Å². The summed E-state index contributed by atoms with van der Waals surface area (Å²) in [6.07, 6.45) is 3.18.